The van der Waals surface area contributed by atoms with Crippen molar-refractivity contribution in [3.63, 3.8) is 0 Å². The summed E-state index contributed by atoms with van der Waals surface area (Å²) < 4.78 is 51.1. The van der Waals surface area contributed by atoms with Crippen LogP contribution in [0.1, 0.15) is 173 Å². The summed E-state index contributed by atoms with van der Waals surface area (Å²) in [5, 5.41) is 49.7. The molecule has 6 fully saturated rings. The van der Waals surface area contributed by atoms with Crippen molar-refractivity contribution in [2.45, 2.75) is 201 Å². The Bertz CT molecular complexity index is 5710. The molecule has 2 unspecified atom stereocenters. The summed E-state index contributed by atoms with van der Waals surface area (Å²) >= 11 is 0. The summed E-state index contributed by atoms with van der Waals surface area (Å²) in [5.41, 5.74) is 31.7. The van der Waals surface area contributed by atoms with Crippen LogP contribution < -0.4 is 79.8 Å². The van der Waals surface area contributed by atoms with Crippen molar-refractivity contribution >= 4 is 45.4 Å². The number of anilines is 3. The minimum Gasteiger partial charge on any atom is -0.384 e. The van der Waals surface area contributed by atoms with Gasteiger partial charge < -0.3 is 94.5 Å². The number of hydrogen-bond donors (Lipinski definition) is 16. The second-order valence-corrected chi connectivity index (χ2v) is 41.8. The molecule has 14 aliphatic heterocycles. The predicted molar refractivity (Wildman–Crippen MR) is 608 cm³/mol. The quantitative estimate of drug-likeness (QED) is 0.0547. The Labute approximate surface area is 885 Å². The van der Waals surface area contributed by atoms with Crippen LogP contribution in [0, 0.1) is 37.2 Å². The molecule has 16 N–H and O–H groups in total. The van der Waals surface area contributed by atoms with E-state index in [1.807, 2.05) is 30.4 Å². The summed E-state index contributed by atoms with van der Waals surface area (Å²) in [4.78, 5) is 34.6. The number of allylic oxidation sites excluding steroid dienone is 2. The molecule has 0 bridgehead atoms. The summed E-state index contributed by atoms with van der Waals surface area (Å²) in [6.07, 6.45) is 24.1. The number of benzene rings is 9. The van der Waals surface area contributed by atoms with E-state index < -0.39 is 0 Å². The van der Waals surface area contributed by atoms with Crippen LogP contribution in [-0.2, 0) is 100 Å². The number of likely N-dealkylation sites (N-methyl/N-ethyl adjacent to an activating group) is 2. The number of nitrogens with zero attached hydrogens (tertiary/aromatic N) is 4. The Kier molecular flexibility index (Phi) is 47.1. The average Bonchev–Trinajstić information content (AvgIpc) is 1.65. The van der Waals surface area contributed by atoms with Gasteiger partial charge in [0, 0.05) is 230 Å². The van der Waals surface area contributed by atoms with Crippen molar-refractivity contribution in [1.82, 2.24) is 88.4 Å². The van der Waals surface area contributed by atoms with E-state index in [1.165, 1.54) is 242 Å². The first-order valence-electron chi connectivity index (χ1n) is 55.6. The van der Waals surface area contributed by atoms with E-state index in [4.69, 9.17) is 0 Å². The lowest BCUT2D eigenvalue weighted by atomic mass is 9.94. The molecule has 2 atom stereocenters. The van der Waals surface area contributed by atoms with Crippen LogP contribution in [0.3, 0.4) is 0 Å². The zero-order chi connectivity index (χ0) is 104. The highest BCUT2D eigenvalue weighted by Gasteiger charge is 2.28. The van der Waals surface area contributed by atoms with E-state index in [0.717, 1.165) is 203 Å². The van der Waals surface area contributed by atoms with Crippen molar-refractivity contribution < 1.29 is 27.2 Å². The zero-order valence-corrected chi connectivity index (χ0v) is 89.9. The van der Waals surface area contributed by atoms with E-state index in [2.05, 4.69) is 261 Å². The highest BCUT2D eigenvalue weighted by Crippen LogP contribution is 2.36. The summed E-state index contributed by atoms with van der Waals surface area (Å²) in [6.45, 7) is 41.3. The summed E-state index contributed by atoms with van der Waals surface area (Å²) in [7, 11) is 5.26. The third kappa shape index (κ3) is 36.2. The number of aromatic nitrogens is 1. The number of aromatic amines is 1. The maximum Gasteiger partial charge on any atom is 0.239 e. The number of aryl methyl sites for hydroxylation is 2. The maximum atomic E-state index is 12.9. The van der Waals surface area contributed by atoms with Gasteiger partial charge in [-0.15, -0.1) is 0 Å². The number of carbonyl (C=O) groups excluding carboxylic acids is 2. The minimum absolute atomic E-state index is 0.0810. The van der Waals surface area contributed by atoms with Crippen molar-refractivity contribution in [2.75, 3.05) is 194 Å². The molecule has 2 amide bonds. The molecule has 15 heterocycles. The molecule has 0 spiro atoms. The van der Waals surface area contributed by atoms with E-state index >= 15 is 0 Å². The normalized spacial score (nSPS) is 19.3. The van der Waals surface area contributed by atoms with Crippen molar-refractivity contribution in [1.29, 1.82) is 0 Å². The molecule has 149 heavy (non-hydrogen) atoms. The lowest BCUT2D eigenvalue weighted by Crippen LogP contribution is -2.48. The molecule has 0 radical (unpaired) electrons. The predicted octanol–water partition coefficient (Wildman–Crippen LogP) is 16.8. The van der Waals surface area contributed by atoms with Gasteiger partial charge in [0.2, 0.25) is 11.8 Å². The van der Waals surface area contributed by atoms with Crippen LogP contribution in [0.15, 0.2) is 217 Å². The summed E-state index contributed by atoms with van der Waals surface area (Å²) in [5.74, 6) is 0.861. The van der Waals surface area contributed by atoms with Gasteiger partial charge in [0.25, 0.3) is 0 Å². The topological polar surface area (TPSA) is 243 Å². The van der Waals surface area contributed by atoms with Gasteiger partial charge in [-0.1, -0.05) is 208 Å². The van der Waals surface area contributed by atoms with Gasteiger partial charge >= 0.3 is 0 Å². The van der Waals surface area contributed by atoms with E-state index in [1.54, 1.807) is 55.4 Å². The van der Waals surface area contributed by atoms with Gasteiger partial charge in [0.1, 0.15) is 23.3 Å². The van der Waals surface area contributed by atoms with Gasteiger partial charge in [0.15, 0.2) is 0 Å². The first-order valence-corrected chi connectivity index (χ1v) is 55.6. The number of H-pyrrole nitrogens is 1. The van der Waals surface area contributed by atoms with Crippen LogP contribution in [0.25, 0.3) is 16.5 Å². The molecule has 10 aromatic rings. The Morgan fingerprint density at radius 1 is 0.430 bits per heavy atom. The molecular weight excluding hydrogens is 1870 g/mol. The number of carbonyl (C=O) groups is 2. The van der Waals surface area contributed by atoms with Crippen molar-refractivity contribution in [2.24, 2.45) is 5.92 Å². The average molecular weight is 2040 g/mol. The number of nitrogens with one attached hydrogen (secondary N) is 16. The Morgan fingerprint density at radius 2 is 0.987 bits per heavy atom. The van der Waals surface area contributed by atoms with Crippen LogP contribution in [0.2, 0.25) is 0 Å². The maximum absolute atomic E-state index is 12.9. The molecule has 17 aliphatic rings. The lowest BCUT2D eigenvalue weighted by Gasteiger charge is -2.36. The van der Waals surface area contributed by atoms with Gasteiger partial charge in [-0.3, -0.25) is 19.4 Å². The fourth-order valence-corrected chi connectivity index (χ4v) is 21.9. The second-order valence-electron chi connectivity index (χ2n) is 41.8. The van der Waals surface area contributed by atoms with E-state index in [0.29, 0.717) is 25.2 Å². The zero-order valence-electron chi connectivity index (χ0n) is 89.9. The monoisotopic (exact) mass is 2040 g/mol. The van der Waals surface area contributed by atoms with Crippen LogP contribution in [0.5, 0.6) is 0 Å². The Morgan fingerprint density at radius 3 is 1.69 bits per heavy atom. The fourth-order valence-electron chi connectivity index (χ4n) is 21.9. The molecular formula is C123H170F4N20O2. The summed E-state index contributed by atoms with van der Waals surface area (Å²) in [6, 6.07) is 64.3. The highest BCUT2D eigenvalue weighted by molar-refractivity contribution is 5.85. The molecule has 27 rings (SSSR count). The van der Waals surface area contributed by atoms with Gasteiger partial charge in [0.05, 0.1) is 18.3 Å². The number of piperazine rings is 3. The number of hydrogen-bond acceptors (Lipinski definition) is 19. The minimum atomic E-state index is -0.137. The van der Waals surface area contributed by atoms with E-state index in [-0.39, 0.29) is 47.2 Å². The molecule has 1 aromatic heterocycles. The molecule has 26 heteroatoms. The first kappa shape index (κ1) is 114. The third-order valence-electron chi connectivity index (χ3n) is 30.1. The van der Waals surface area contributed by atoms with Gasteiger partial charge in [-0.2, -0.15) is 0 Å². The van der Waals surface area contributed by atoms with Crippen LogP contribution in [-0.4, -0.2) is 233 Å². The lowest BCUT2D eigenvalue weighted by molar-refractivity contribution is -0.130. The Hall–Kier alpha value is -10.8. The number of para-hydroxylation sites is 3. The Balaban J connectivity index is 0.000000127. The number of amides is 2. The third-order valence-corrected chi connectivity index (χ3v) is 30.1. The smallest absolute Gasteiger partial charge is 0.239 e. The standard InChI is InChI=1S/C12H13N.C11H12N2.C10H20N2.C10H13N.2C9H11N.2C8H8FN.C8H10FN.C8H8FN.C8H18N2.C8H9N.C7H15N3O.C7H14N2O/c1-2-4-11-9(3-1)7-10-5-6-13-8-12(10)11;1-2-4-10-8(3-1)9-5-6-12-7-11(9)13-10;1-2-4-10(5-3-1)12-8-6-11-7-9-12;1-8-2-3-9-4-5-11-7-10(9)6-8;1-7-2-3-9-8(6-7)4-5-10-9;1-2-4-9-7-10-6-5-8(9)3-1;9-8-2-1-6-4-10-5-7(6)3-8;9-8-3-1-2-6-4-10-5-7(6)8;9-7-2-1-3-8-6(7)4-5-10-8;9-7-3-1-2-6-4-5-10-8(6)7;1-8(2)7-10-5-3-9-4-6-10;1-2-4-8-7(3-1)5-6-9-8;1-8-7(11)6-10-4-2-9-3-5-10;1-9(2)7(10)6-4-3-5-8-6/h1-4,13H,5-8H2;1-4,12-13H,5-7H2;10-11H,1-9H2;2-3,6,11H,4-5,7H2,1H3;2-3,6,10H,4-5H2,1H3;1-4,10H,5-7H2;2*1-3,10H,4-5H2;1,3,8,10H,2,4-5H2;1-3,10H,4-5H2;8-9H,3-7H2,1-2H3;1-4,9H,5-6H2;9H,2-6H2,1H3,(H,8,11);6,8H,3-5H2,1-2H3. The SMILES string of the molecule is C1CCC(N2CCNCC2)CC1.CC(C)CN1CCNCC1.CN(C)C(=O)C1CCCN1.CNC(=O)CN1CCNCC1.Cc1ccc2c(c1)CCN2.Cc1ccc2c(c1)CNCC2.FC1=C2CCNC2C=CC1.Fc1ccc2c(c1)CNC2.Fc1cccc2c1CNC2.Fc1cccc2c1NCC2.c1ccc2c(c1)CC1=C2CNCC1.c1ccc2c(c1)CCN2.c1ccc2c(c1)CCNC2.c1ccc2c3c([nH]c2c1)CNCC3. The molecule has 3 aliphatic carbocycles. The number of rotatable bonds is 6. The molecule has 802 valence electrons. The highest BCUT2D eigenvalue weighted by atomic mass is 19.1. The van der Waals surface area contributed by atoms with Crippen molar-refractivity contribution in [3.8, 4) is 0 Å². The van der Waals surface area contributed by atoms with Gasteiger partial charge in [-0.05, 0) is 268 Å². The van der Waals surface area contributed by atoms with Crippen LogP contribution in [0.4, 0.5) is 34.6 Å². The van der Waals surface area contributed by atoms with E-state index in [9.17, 15) is 27.2 Å². The first-order chi connectivity index (χ1) is 72.8. The number of halogens is 4. The molecule has 22 nitrogen and oxygen atoms in total. The van der Waals surface area contributed by atoms with Gasteiger partial charge in [-0.25, -0.2) is 17.6 Å². The fraction of sp³-hybridized carbons (Fsp3) is 0.480. The molecule has 1 saturated carbocycles. The molecule has 5 saturated heterocycles. The molecule has 9 aromatic carbocycles. The second kappa shape index (κ2) is 61.7. The van der Waals surface area contributed by atoms with Crippen LogP contribution >= 0.6 is 0 Å². The van der Waals surface area contributed by atoms with Crippen molar-refractivity contribution in [3.05, 3.63) is 329 Å². The largest absolute Gasteiger partial charge is 0.384 e. The number of fused-ring (bicyclic) bond motifs is 13.